The highest BCUT2D eigenvalue weighted by molar-refractivity contribution is 4.41. The van der Waals surface area contributed by atoms with E-state index in [1.54, 1.807) is 0 Å². The molecule has 0 aromatic heterocycles. The van der Waals surface area contributed by atoms with Crippen LogP contribution >= 0.6 is 0 Å². The quantitative estimate of drug-likeness (QED) is 0.522. The normalized spacial score (nSPS) is 11.2. The predicted octanol–water partition coefficient (Wildman–Crippen LogP) is 0.870. The molecule has 0 rings (SSSR count). The van der Waals surface area contributed by atoms with Gasteiger partial charge in [0.05, 0.1) is 0 Å². The lowest BCUT2D eigenvalue weighted by molar-refractivity contribution is -0.177. The molecule has 0 amide bonds. The molecule has 0 radical (unpaired) electrons. The number of ether oxygens (including phenoxy) is 2. The maximum absolute atomic E-state index is 11.4. The van der Waals surface area contributed by atoms with Crippen molar-refractivity contribution in [2.75, 3.05) is 14.2 Å². The van der Waals surface area contributed by atoms with E-state index < -0.39 is 12.7 Å². The van der Waals surface area contributed by atoms with E-state index in [-0.39, 0.29) is 0 Å². The van der Waals surface area contributed by atoms with E-state index >= 15 is 0 Å². The van der Waals surface area contributed by atoms with Gasteiger partial charge >= 0.3 is 0 Å². The molecular formula is C4H8F2O2. The van der Waals surface area contributed by atoms with Gasteiger partial charge in [0.1, 0.15) is 0 Å². The van der Waals surface area contributed by atoms with Crippen LogP contribution in [0.5, 0.6) is 0 Å². The summed E-state index contributed by atoms with van der Waals surface area (Å²) in [5.41, 5.74) is 0. The van der Waals surface area contributed by atoms with Gasteiger partial charge in [0.25, 0.3) is 6.43 Å². The SMILES string of the molecule is COC(OC)C(F)F. The Balaban J connectivity index is 3.35. The van der Waals surface area contributed by atoms with Gasteiger partial charge in [-0.25, -0.2) is 8.78 Å². The minimum Gasteiger partial charge on any atom is -0.351 e. The first-order valence-electron chi connectivity index (χ1n) is 2.06. The molecule has 50 valence electrons. The van der Waals surface area contributed by atoms with Gasteiger partial charge < -0.3 is 9.47 Å². The third kappa shape index (κ3) is 2.18. The fourth-order valence-corrected chi connectivity index (χ4v) is 0.302. The van der Waals surface area contributed by atoms with Crippen LogP contribution in [0.1, 0.15) is 0 Å². The van der Waals surface area contributed by atoms with Crippen LogP contribution < -0.4 is 0 Å². The second-order valence-electron chi connectivity index (χ2n) is 1.17. The Hall–Kier alpha value is -0.220. The van der Waals surface area contributed by atoms with Crippen LogP contribution in [0.3, 0.4) is 0 Å². The van der Waals surface area contributed by atoms with Crippen molar-refractivity contribution in [2.45, 2.75) is 12.7 Å². The molecule has 0 saturated carbocycles. The van der Waals surface area contributed by atoms with E-state index in [9.17, 15) is 8.78 Å². The Morgan fingerprint density at radius 1 is 1.12 bits per heavy atom. The lowest BCUT2D eigenvalue weighted by Crippen LogP contribution is -2.21. The van der Waals surface area contributed by atoms with Crippen LogP contribution in [-0.2, 0) is 9.47 Å². The van der Waals surface area contributed by atoms with Crippen molar-refractivity contribution < 1.29 is 18.3 Å². The van der Waals surface area contributed by atoms with Gasteiger partial charge in [-0.05, 0) is 0 Å². The molecular weight excluding hydrogens is 118 g/mol. The first kappa shape index (κ1) is 7.78. The van der Waals surface area contributed by atoms with Gasteiger partial charge in [-0.1, -0.05) is 0 Å². The summed E-state index contributed by atoms with van der Waals surface area (Å²) in [5.74, 6) is 0. The Kier molecular flexibility index (Phi) is 3.64. The number of methoxy groups -OCH3 is 2. The second kappa shape index (κ2) is 3.74. The summed E-state index contributed by atoms with van der Waals surface area (Å²) in [6.07, 6.45) is -3.94. The van der Waals surface area contributed by atoms with Crippen LogP contribution in [0.4, 0.5) is 8.78 Å². The van der Waals surface area contributed by atoms with Gasteiger partial charge in [-0.3, -0.25) is 0 Å². The van der Waals surface area contributed by atoms with E-state index in [2.05, 4.69) is 9.47 Å². The summed E-state index contributed by atoms with van der Waals surface area (Å²) < 4.78 is 31.3. The van der Waals surface area contributed by atoms with Gasteiger partial charge in [0.15, 0.2) is 0 Å². The minimum absolute atomic E-state index is 1.17. The fourth-order valence-electron chi connectivity index (χ4n) is 0.302. The van der Waals surface area contributed by atoms with Crippen molar-refractivity contribution in [3.8, 4) is 0 Å². The smallest absolute Gasteiger partial charge is 0.288 e. The van der Waals surface area contributed by atoms with Gasteiger partial charge in [-0.2, -0.15) is 0 Å². The lowest BCUT2D eigenvalue weighted by atomic mass is 10.7. The van der Waals surface area contributed by atoms with Crippen molar-refractivity contribution in [3.05, 3.63) is 0 Å². The summed E-state index contributed by atoms with van der Waals surface area (Å²) in [7, 11) is 2.33. The van der Waals surface area contributed by atoms with Crippen molar-refractivity contribution in [3.63, 3.8) is 0 Å². The van der Waals surface area contributed by atoms with Crippen LogP contribution in [0, 0.1) is 0 Å². The van der Waals surface area contributed by atoms with E-state index in [0.717, 1.165) is 0 Å². The van der Waals surface area contributed by atoms with Crippen LogP contribution in [0.25, 0.3) is 0 Å². The molecule has 0 heterocycles. The minimum atomic E-state index is -2.56. The van der Waals surface area contributed by atoms with E-state index in [4.69, 9.17) is 0 Å². The molecule has 0 aromatic rings. The zero-order chi connectivity index (χ0) is 6.57. The summed E-state index contributed by atoms with van der Waals surface area (Å²) in [5, 5.41) is 0. The number of halogens is 2. The highest BCUT2D eigenvalue weighted by Crippen LogP contribution is 2.03. The van der Waals surface area contributed by atoms with Crippen LogP contribution in [0.15, 0.2) is 0 Å². The third-order valence-electron chi connectivity index (χ3n) is 0.670. The first-order chi connectivity index (χ1) is 3.72. The fraction of sp³-hybridized carbons (Fsp3) is 1.00. The molecule has 0 N–H and O–H groups in total. The van der Waals surface area contributed by atoms with E-state index in [1.165, 1.54) is 14.2 Å². The van der Waals surface area contributed by atoms with Gasteiger partial charge in [0.2, 0.25) is 6.29 Å². The molecule has 0 aromatic carbocycles. The van der Waals surface area contributed by atoms with E-state index in [0.29, 0.717) is 0 Å². The van der Waals surface area contributed by atoms with Gasteiger partial charge in [0, 0.05) is 14.2 Å². The van der Waals surface area contributed by atoms with Crippen molar-refractivity contribution in [1.82, 2.24) is 0 Å². The van der Waals surface area contributed by atoms with Gasteiger partial charge in [-0.15, -0.1) is 0 Å². The number of hydrogen-bond acceptors (Lipinski definition) is 2. The molecule has 0 unspecified atom stereocenters. The average Bonchev–Trinajstić information content (AvgIpc) is 1.69. The molecule has 0 fully saturated rings. The average molecular weight is 126 g/mol. The number of alkyl halides is 2. The summed E-state index contributed by atoms with van der Waals surface area (Å²) in [4.78, 5) is 0. The largest absolute Gasteiger partial charge is 0.351 e. The molecule has 0 aliphatic heterocycles. The Labute approximate surface area is 46.4 Å². The summed E-state index contributed by atoms with van der Waals surface area (Å²) in [6, 6.07) is 0. The second-order valence-corrected chi connectivity index (χ2v) is 1.17. The summed E-state index contributed by atoms with van der Waals surface area (Å²) in [6.45, 7) is 0. The highest BCUT2D eigenvalue weighted by Gasteiger charge is 2.17. The van der Waals surface area contributed by atoms with Crippen molar-refractivity contribution in [1.29, 1.82) is 0 Å². The zero-order valence-electron chi connectivity index (χ0n) is 4.73. The molecule has 4 heteroatoms. The molecule has 0 atom stereocenters. The Morgan fingerprint density at radius 2 is 1.50 bits per heavy atom. The maximum Gasteiger partial charge on any atom is 0.288 e. The lowest BCUT2D eigenvalue weighted by Gasteiger charge is -2.10. The molecule has 2 nitrogen and oxygen atoms in total. The number of rotatable bonds is 3. The van der Waals surface area contributed by atoms with Crippen molar-refractivity contribution >= 4 is 0 Å². The Morgan fingerprint density at radius 3 is 1.50 bits per heavy atom. The third-order valence-corrected chi connectivity index (χ3v) is 0.670. The topological polar surface area (TPSA) is 18.5 Å². The zero-order valence-corrected chi connectivity index (χ0v) is 4.73. The predicted molar refractivity (Wildman–Crippen MR) is 23.8 cm³/mol. The number of hydrogen-bond donors (Lipinski definition) is 0. The summed E-state index contributed by atoms with van der Waals surface area (Å²) >= 11 is 0. The molecule has 0 spiro atoms. The molecule has 0 bridgehead atoms. The molecule has 8 heavy (non-hydrogen) atoms. The molecule has 0 saturated heterocycles. The maximum atomic E-state index is 11.4. The van der Waals surface area contributed by atoms with Crippen LogP contribution in [0.2, 0.25) is 0 Å². The highest BCUT2D eigenvalue weighted by atomic mass is 19.3. The Bertz CT molecular complexity index is 54.0. The van der Waals surface area contributed by atoms with Crippen LogP contribution in [-0.4, -0.2) is 26.9 Å². The van der Waals surface area contributed by atoms with Crippen molar-refractivity contribution in [2.24, 2.45) is 0 Å². The van der Waals surface area contributed by atoms with E-state index in [1.807, 2.05) is 0 Å². The molecule has 0 aliphatic rings. The monoisotopic (exact) mass is 126 g/mol. The molecule has 0 aliphatic carbocycles. The first-order valence-corrected chi connectivity index (χ1v) is 2.06. The standard InChI is InChI=1S/C4H8F2O2/c1-7-4(8-2)3(5)6/h3-4H,1-2H3.